The fourth-order valence-corrected chi connectivity index (χ4v) is 0.954. The van der Waals surface area contributed by atoms with Gasteiger partial charge in [-0.2, -0.15) is 13.2 Å². The number of pyridine rings is 1. The van der Waals surface area contributed by atoms with E-state index in [1.54, 1.807) is 0 Å². The predicted octanol–water partition coefficient (Wildman–Crippen LogP) is 2.86. The molecule has 0 aliphatic rings. The number of nitrogens with two attached hydrogens (primary N) is 1. The van der Waals surface area contributed by atoms with Crippen LogP contribution >= 0.6 is 24.0 Å². The average Bonchev–Trinajstić information content (AvgIpc) is 2.01. The van der Waals surface area contributed by atoms with E-state index in [-0.39, 0.29) is 17.4 Å². The highest BCUT2D eigenvalue weighted by Crippen LogP contribution is 2.30. The maximum absolute atomic E-state index is 12.9. The molecule has 86 valence electrons. The van der Waals surface area contributed by atoms with Crippen molar-refractivity contribution in [2.75, 3.05) is 0 Å². The third-order valence-corrected chi connectivity index (χ3v) is 1.69. The lowest BCUT2D eigenvalue weighted by atomic mass is 10.2. The minimum Gasteiger partial charge on any atom is -0.315 e. The molecule has 0 aliphatic carbocycles. The van der Waals surface area contributed by atoms with E-state index in [9.17, 15) is 17.6 Å². The minimum absolute atomic E-state index is 0. The van der Waals surface area contributed by atoms with Crippen LogP contribution in [0.25, 0.3) is 0 Å². The van der Waals surface area contributed by atoms with E-state index < -0.39 is 23.7 Å². The molecule has 1 atom stereocenters. The van der Waals surface area contributed by atoms with Crippen LogP contribution in [-0.4, -0.2) is 11.2 Å². The Morgan fingerprint density at radius 3 is 2.33 bits per heavy atom. The number of hydrogen-bond acceptors (Lipinski definition) is 2. The summed E-state index contributed by atoms with van der Waals surface area (Å²) in [5, 5.41) is -0.0828. The van der Waals surface area contributed by atoms with Gasteiger partial charge in [-0.3, -0.25) is 4.98 Å². The Bertz CT molecular complexity index is 342. The van der Waals surface area contributed by atoms with Gasteiger partial charge in [-0.15, -0.1) is 12.4 Å². The third-order valence-electron chi connectivity index (χ3n) is 1.48. The summed E-state index contributed by atoms with van der Waals surface area (Å²) in [4.78, 5) is 3.19. The Morgan fingerprint density at radius 1 is 1.40 bits per heavy atom. The second kappa shape index (κ2) is 4.96. The highest BCUT2D eigenvalue weighted by atomic mass is 35.5. The van der Waals surface area contributed by atoms with Crippen LogP contribution in [0.15, 0.2) is 12.3 Å². The molecule has 0 saturated carbocycles. The monoisotopic (exact) mass is 264 g/mol. The molecule has 1 aromatic rings. The van der Waals surface area contributed by atoms with Gasteiger partial charge in [-0.25, -0.2) is 4.39 Å². The molecule has 0 aromatic carbocycles. The summed E-state index contributed by atoms with van der Waals surface area (Å²) >= 11 is 5.31. The van der Waals surface area contributed by atoms with Crippen LogP contribution in [0.5, 0.6) is 0 Å². The van der Waals surface area contributed by atoms with Crippen LogP contribution in [0.4, 0.5) is 17.6 Å². The van der Waals surface area contributed by atoms with Crippen molar-refractivity contribution in [3.8, 4) is 0 Å². The van der Waals surface area contributed by atoms with Gasteiger partial charge >= 0.3 is 6.18 Å². The van der Waals surface area contributed by atoms with Crippen LogP contribution in [0.3, 0.4) is 0 Å². The fraction of sp³-hybridized carbons (Fsp3) is 0.286. The minimum atomic E-state index is -4.72. The van der Waals surface area contributed by atoms with Crippen molar-refractivity contribution in [2.24, 2.45) is 5.73 Å². The highest BCUT2D eigenvalue weighted by molar-refractivity contribution is 6.30. The van der Waals surface area contributed by atoms with Gasteiger partial charge in [-0.1, -0.05) is 11.6 Å². The number of halogens is 6. The van der Waals surface area contributed by atoms with Crippen molar-refractivity contribution in [2.45, 2.75) is 12.2 Å². The quantitative estimate of drug-likeness (QED) is 0.793. The van der Waals surface area contributed by atoms with Crippen LogP contribution in [-0.2, 0) is 0 Å². The zero-order valence-electron chi connectivity index (χ0n) is 7.05. The van der Waals surface area contributed by atoms with Crippen LogP contribution in [0, 0.1) is 5.82 Å². The molecule has 1 heterocycles. The van der Waals surface area contributed by atoms with E-state index in [0.29, 0.717) is 0 Å². The zero-order valence-corrected chi connectivity index (χ0v) is 8.63. The van der Waals surface area contributed by atoms with Gasteiger partial charge in [0.1, 0.15) is 17.6 Å². The molecule has 0 aliphatic heterocycles. The first-order valence-corrected chi connectivity index (χ1v) is 3.83. The Balaban J connectivity index is 0.00000196. The van der Waals surface area contributed by atoms with E-state index >= 15 is 0 Å². The van der Waals surface area contributed by atoms with E-state index in [1.165, 1.54) is 0 Å². The lowest BCUT2D eigenvalue weighted by molar-refractivity contribution is -0.150. The largest absolute Gasteiger partial charge is 0.409 e. The lowest BCUT2D eigenvalue weighted by Gasteiger charge is -2.15. The van der Waals surface area contributed by atoms with Crippen molar-refractivity contribution in [1.82, 2.24) is 4.98 Å². The van der Waals surface area contributed by atoms with Gasteiger partial charge in [0.15, 0.2) is 0 Å². The first-order chi connectivity index (χ1) is 6.32. The standard InChI is InChI=1S/C7H5ClF4N2.ClH/c8-3-1-4(9)5(14-2-3)6(13)7(10,11)12;/h1-2,6H,13H2;1H/t6-;/m1./s1. The summed E-state index contributed by atoms with van der Waals surface area (Å²) in [6, 6.07) is -1.70. The Hall–Kier alpha value is -0.590. The normalized spacial score (nSPS) is 13.2. The SMILES string of the molecule is Cl.N[C@H](c1ncc(Cl)cc1F)C(F)(F)F. The van der Waals surface area contributed by atoms with Gasteiger partial charge in [0.25, 0.3) is 0 Å². The smallest absolute Gasteiger partial charge is 0.315 e. The maximum Gasteiger partial charge on any atom is 0.409 e. The van der Waals surface area contributed by atoms with Crippen LogP contribution in [0.1, 0.15) is 11.7 Å². The van der Waals surface area contributed by atoms with Crippen molar-refractivity contribution < 1.29 is 17.6 Å². The second-order valence-electron chi connectivity index (χ2n) is 2.54. The molecule has 15 heavy (non-hydrogen) atoms. The summed E-state index contributed by atoms with van der Waals surface area (Å²) < 4.78 is 49.1. The van der Waals surface area contributed by atoms with Gasteiger partial charge < -0.3 is 5.73 Å². The molecule has 0 bridgehead atoms. The molecule has 8 heteroatoms. The molecule has 0 spiro atoms. The Morgan fingerprint density at radius 2 is 1.93 bits per heavy atom. The van der Waals surface area contributed by atoms with E-state index in [1.807, 2.05) is 0 Å². The second-order valence-corrected chi connectivity index (χ2v) is 2.98. The van der Waals surface area contributed by atoms with Crippen molar-refractivity contribution in [3.05, 3.63) is 28.8 Å². The summed E-state index contributed by atoms with van der Waals surface area (Å²) in [7, 11) is 0. The summed E-state index contributed by atoms with van der Waals surface area (Å²) in [5.74, 6) is -1.16. The number of alkyl halides is 3. The van der Waals surface area contributed by atoms with E-state index in [4.69, 9.17) is 17.3 Å². The molecular weight excluding hydrogens is 259 g/mol. The van der Waals surface area contributed by atoms with Gasteiger partial charge in [0.05, 0.1) is 5.02 Å². The molecule has 0 fully saturated rings. The molecule has 1 rings (SSSR count). The Labute approximate surface area is 93.8 Å². The predicted molar refractivity (Wildman–Crippen MR) is 49.4 cm³/mol. The van der Waals surface area contributed by atoms with Crippen molar-refractivity contribution in [1.29, 1.82) is 0 Å². The molecule has 1 aromatic heterocycles. The van der Waals surface area contributed by atoms with Crippen molar-refractivity contribution >= 4 is 24.0 Å². The Kier molecular flexibility index (Phi) is 4.76. The third kappa shape index (κ3) is 3.48. The zero-order chi connectivity index (χ0) is 10.9. The molecule has 0 amide bonds. The van der Waals surface area contributed by atoms with Gasteiger partial charge in [-0.05, 0) is 6.07 Å². The van der Waals surface area contributed by atoms with E-state index in [0.717, 1.165) is 12.3 Å². The van der Waals surface area contributed by atoms with Crippen LogP contribution < -0.4 is 5.73 Å². The molecular formula is C7H6Cl2F4N2. The number of nitrogens with zero attached hydrogens (tertiary/aromatic N) is 1. The molecule has 0 radical (unpaired) electrons. The molecule has 2 nitrogen and oxygen atoms in total. The number of hydrogen-bond donors (Lipinski definition) is 1. The fourth-order valence-electron chi connectivity index (χ4n) is 0.809. The topological polar surface area (TPSA) is 38.9 Å². The first-order valence-electron chi connectivity index (χ1n) is 3.45. The number of rotatable bonds is 1. The first kappa shape index (κ1) is 14.4. The number of aromatic nitrogens is 1. The molecule has 2 N–H and O–H groups in total. The molecule has 0 saturated heterocycles. The maximum atomic E-state index is 12.9. The lowest BCUT2D eigenvalue weighted by Crippen LogP contribution is -2.30. The van der Waals surface area contributed by atoms with Gasteiger partial charge in [0.2, 0.25) is 0 Å². The average molecular weight is 265 g/mol. The summed E-state index contributed by atoms with van der Waals surface area (Å²) in [5.41, 5.74) is 3.89. The molecule has 0 unspecified atom stereocenters. The summed E-state index contributed by atoms with van der Waals surface area (Å²) in [6.07, 6.45) is -3.81. The van der Waals surface area contributed by atoms with Gasteiger partial charge in [0, 0.05) is 6.20 Å². The highest BCUT2D eigenvalue weighted by Gasteiger charge is 2.40. The summed E-state index contributed by atoms with van der Waals surface area (Å²) in [6.45, 7) is 0. The van der Waals surface area contributed by atoms with E-state index in [2.05, 4.69) is 4.98 Å². The van der Waals surface area contributed by atoms with Crippen LogP contribution in [0.2, 0.25) is 5.02 Å². The van der Waals surface area contributed by atoms with Crippen molar-refractivity contribution in [3.63, 3.8) is 0 Å².